The molecule has 0 spiro atoms. The van der Waals surface area contributed by atoms with Crippen LogP contribution in [0.2, 0.25) is 0 Å². The van der Waals surface area contributed by atoms with E-state index in [1.165, 1.54) is 60.9 Å². The van der Waals surface area contributed by atoms with Gasteiger partial charge < -0.3 is 4.90 Å². The predicted octanol–water partition coefficient (Wildman–Crippen LogP) is 6.42. The Bertz CT molecular complexity index is 735. The molecule has 0 atom stereocenters. The molecule has 2 aromatic carbocycles. The first-order chi connectivity index (χ1) is 12.0. The highest BCUT2D eigenvalue weighted by molar-refractivity contribution is 5.70. The quantitative estimate of drug-likeness (QED) is 0.613. The second-order valence-electron chi connectivity index (χ2n) is 9.00. The van der Waals surface area contributed by atoms with Crippen molar-refractivity contribution < 1.29 is 0 Å². The van der Waals surface area contributed by atoms with Gasteiger partial charge in [0.2, 0.25) is 0 Å². The number of nitrogens with zero attached hydrogens (tertiary/aromatic N) is 1. The highest BCUT2D eigenvalue weighted by atomic mass is 15.1. The molecule has 1 aliphatic heterocycles. The molecule has 0 bridgehead atoms. The molecule has 4 rings (SSSR count). The third kappa shape index (κ3) is 3.47. The normalized spacial score (nSPS) is 20.4. The van der Waals surface area contributed by atoms with Crippen molar-refractivity contribution in [2.75, 3.05) is 18.5 Å². The number of fused-ring (bicyclic) bond motifs is 1. The third-order valence-corrected chi connectivity index (χ3v) is 6.15. The molecule has 0 unspecified atom stereocenters. The predicted molar refractivity (Wildman–Crippen MR) is 108 cm³/mol. The van der Waals surface area contributed by atoms with E-state index in [-0.39, 0.29) is 0 Å². The largest absolute Gasteiger partial charge is 0.374 e. The Morgan fingerprint density at radius 2 is 1.56 bits per heavy atom. The zero-order chi connectivity index (χ0) is 17.4. The summed E-state index contributed by atoms with van der Waals surface area (Å²) in [5, 5.41) is 0. The van der Waals surface area contributed by atoms with Crippen LogP contribution in [0.1, 0.15) is 63.0 Å². The summed E-state index contributed by atoms with van der Waals surface area (Å²) >= 11 is 0. The van der Waals surface area contributed by atoms with E-state index >= 15 is 0 Å². The van der Waals surface area contributed by atoms with Gasteiger partial charge in [0, 0.05) is 19.3 Å². The second kappa shape index (κ2) is 6.52. The minimum Gasteiger partial charge on any atom is -0.374 e. The molecule has 1 saturated carbocycles. The molecule has 1 aliphatic carbocycles. The number of hydrogen-bond donors (Lipinski definition) is 0. The van der Waals surface area contributed by atoms with Gasteiger partial charge in [-0.25, -0.2) is 0 Å². The van der Waals surface area contributed by atoms with Gasteiger partial charge in [0.05, 0.1) is 0 Å². The Kier molecular flexibility index (Phi) is 4.35. The van der Waals surface area contributed by atoms with Gasteiger partial charge in [-0.2, -0.15) is 0 Å². The summed E-state index contributed by atoms with van der Waals surface area (Å²) in [6.45, 7) is 5.88. The Balaban J connectivity index is 1.60. The lowest BCUT2D eigenvalue weighted by atomic mass is 9.80. The molecule has 2 aliphatic rings. The smallest absolute Gasteiger partial charge is 0.0396 e. The van der Waals surface area contributed by atoms with Crippen LogP contribution in [0.4, 0.5) is 5.69 Å². The van der Waals surface area contributed by atoms with Crippen molar-refractivity contribution in [3.63, 3.8) is 0 Å². The average molecular weight is 334 g/mol. The highest BCUT2D eigenvalue weighted by Gasteiger charge is 2.28. The summed E-state index contributed by atoms with van der Waals surface area (Å²) < 4.78 is 0. The summed E-state index contributed by atoms with van der Waals surface area (Å²) in [5.74, 6) is 0.792. The van der Waals surface area contributed by atoms with E-state index in [2.05, 4.69) is 68.3 Å². The fourth-order valence-corrected chi connectivity index (χ4v) is 4.96. The molecule has 0 radical (unpaired) electrons. The van der Waals surface area contributed by atoms with E-state index in [1.54, 1.807) is 5.56 Å². The lowest BCUT2D eigenvalue weighted by molar-refractivity contribution is 0.356. The Labute approximate surface area is 153 Å². The standard InChI is InChI=1S/C24H31N/c1-24(2)16-22-15-21(13-14-23(22)25(3)17-24)20-11-9-19(10-12-20)18-7-5-4-6-8-18/h9-15,18H,4-8,16-17H2,1-3H3. The highest BCUT2D eigenvalue weighted by Crippen LogP contribution is 2.38. The zero-order valence-corrected chi connectivity index (χ0v) is 16.0. The van der Waals surface area contributed by atoms with Crippen molar-refractivity contribution in [1.82, 2.24) is 0 Å². The molecule has 1 fully saturated rings. The van der Waals surface area contributed by atoms with E-state index in [9.17, 15) is 0 Å². The molecular formula is C24H31N. The monoisotopic (exact) mass is 333 g/mol. The summed E-state index contributed by atoms with van der Waals surface area (Å²) in [4.78, 5) is 2.41. The SMILES string of the molecule is CN1CC(C)(C)Cc2cc(-c3ccc(C4CCCCC4)cc3)ccc21. The minimum atomic E-state index is 0.352. The van der Waals surface area contributed by atoms with Crippen LogP contribution in [0, 0.1) is 5.41 Å². The van der Waals surface area contributed by atoms with Crippen molar-refractivity contribution in [3.05, 3.63) is 53.6 Å². The maximum absolute atomic E-state index is 2.42. The zero-order valence-electron chi connectivity index (χ0n) is 16.0. The molecule has 1 heteroatoms. The van der Waals surface area contributed by atoms with E-state index in [1.807, 2.05) is 0 Å². The van der Waals surface area contributed by atoms with Crippen LogP contribution in [0.25, 0.3) is 11.1 Å². The van der Waals surface area contributed by atoms with Crippen LogP contribution in [0.15, 0.2) is 42.5 Å². The molecule has 1 nitrogen and oxygen atoms in total. The first kappa shape index (κ1) is 16.7. The molecule has 0 amide bonds. The van der Waals surface area contributed by atoms with Gasteiger partial charge >= 0.3 is 0 Å². The molecule has 2 aromatic rings. The van der Waals surface area contributed by atoms with Crippen LogP contribution in [0.3, 0.4) is 0 Å². The van der Waals surface area contributed by atoms with E-state index in [0.717, 1.165) is 12.5 Å². The van der Waals surface area contributed by atoms with Gasteiger partial charge in [-0.05, 0) is 65.0 Å². The lowest BCUT2D eigenvalue weighted by Gasteiger charge is -2.39. The Hall–Kier alpha value is -1.76. The minimum absolute atomic E-state index is 0.352. The van der Waals surface area contributed by atoms with E-state index < -0.39 is 0 Å². The Morgan fingerprint density at radius 1 is 0.880 bits per heavy atom. The summed E-state index contributed by atoms with van der Waals surface area (Å²) in [6.07, 6.45) is 8.15. The van der Waals surface area contributed by atoms with Crippen LogP contribution < -0.4 is 4.90 Å². The molecule has 132 valence electrons. The van der Waals surface area contributed by atoms with Gasteiger partial charge in [-0.15, -0.1) is 0 Å². The maximum Gasteiger partial charge on any atom is 0.0396 e. The van der Waals surface area contributed by atoms with Crippen molar-refractivity contribution >= 4 is 5.69 Å². The van der Waals surface area contributed by atoms with Crippen molar-refractivity contribution in [2.24, 2.45) is 5.41 Å². The molecular weight excluding hydrogens is 302 g/mol. The van der Waals surface area contributed by atoms with Crippen molar-refractivity contribution in [2.45, 2.75) is 58.3 Å². The lowest BCUT2D eigenvalue weighted by Crippen LogP contribution is -2.37. The van der Waals surface area contributed by atoms with Gasteiger partial charge in [-0.1, -0.05) is 63.4 Å². The summed E-state index contributed by atoms with van der Waals surface area (Å²) in [6, 6.07) is 16.5. The van der Waals surface area contributed by atoms with Crippen LogP contribution in [-0.4, -0.2) is 13.6 Å². The van der Waals surface area contributed by atoms with E-state index in [4.69, 9.17) is 0 Å². The first-order valence-electron chi connectivity index (χ1n) is 9.96. The van der Waals surface area contributed by atoms with Crippen LogP contribution >= 0.6 is 0 Å². The number of hydrogen-bond acceptors (Lipinski definition) is 1. The first-order valence-corrected chi connectivity index (χ1v) is 9.96. The van der Waals surface area contributed by atoms with Gasteiger partial charge in [0.25, 0.3) is 0 Å². The summed E-state index contributed by atoms with van der Waals surface area (Å²) in [7, 11) is 2.22. The number of anilines is 1. The van der Waals surface area contributed by atoms with Crippen LogP contribution in [-0.2, 0) is 6.42 Å². The second-order valence-corrected chi connectivity index (χ2v) is 9.00. The Morgan fingerprint density at radius 3 is 2.28 bits per heavy atom. The molecule has 0 saturated heterocycles. The van der Waals surface area contributed by atoms with Gasteiger partial charge in [0.1, 0.15) is 0 Å². The average Bonchev–Trinajstić information content (AvgIpc) is 2.61. The van der Waals surface area contributed by atoms with Crippen LogP contribution in [0.5, 0.6) is 0 Å². The number of rotatable bonds is 2. The molecule has 0 aromatic heterocycles. The fraction of sp³-hybridized carbons (Fsp3) is 0.500. The third-order valence-electron chi connectivity index (χ3n) is 6.15. The van der Waals surface area contributed by atoms with Crippen molar-refractivity contribution in [1.29, 1.82) is 0 Å². The van der Waals surface area contributed by atoms with Gasteiger partial charge in [-0.3, -0.25) is 0 Å². The maximum atomic E-state index is 2.42. The molecule has 25 heavy (non-hydrogen) atoms. The topological polar surface area (TPSA) is 3.24 Å². The van der Waals surface area contributed by atoms with Gasteiger partial charge in [0.15, 0.2) is 0 Å². The van der Waals surface area contributed by atoms with E-state index in [0.29, 0.717) is 5.41 Å². The molecule has 1 heterocycles. The fourth-order valence-electron chi connectivity index (χ4n) is 4.96. The number of benzene rings is 2. The summed E-state index contributed by atoms with van der Waals surface area (Å²) in [5.41, 5.74) is 7.51. The molecule has 0 N–H and O–H groups in total. The van der Waals surface area contributed by atoms with Crippen molar-refractivity contribution in [3.8, 4) is 11.1 Å².